The molecule has 0 saturated heterocycles. The number of carbonyl (C=O) groups excluding carboxylic acids is 1. The minimum absolute atomic E-state index is 0.00697. The van der Waals surface area contributed by atoms with Gasteiger partial charge < -0.3 is 11.1 Å². The van der Waals surface area contributed by atoms with Crippen molar-refractivity contribution in [1.29, 1.82) is 0 Å². The van der Waals surface area contributed by atoms with Crippen molar-refractivity contribution in [1.82, 2.24) is 0 Å². The first kappa shape index (κ1) is 15.6. The largest absolute Gasteiger partial charge is 0.325 e. The predicted molar refractivity (Wildman–Crippen MR) is 80.1 cm³/mol. The standard InChI is InChI=1S/C15H19ClN2O/c1-3-11(2)9-15(19)18-14-7-6-13(16)10-12(14)5-4-8-17/h6-7,10-11H,3,8-9,17H2,1-2H3,(H,18,19). The third-order valence-electron chi connectivity index (χ3n) is 2.81. The lowest BCUT2D eigenvalue weighted by Gasteiger charge is -2.11. The van der Waals surface area contributed by atoms with Gasteiger partial charge in [0.1, 0.15) is 0 Å². The number of benzene rings is 1. The molecule has 1 aromatic carbocycles. The van der Waals surface area contributed by atoms with Gasteiger partial charge in [-0.2, -0.15) is 0 Å². The Morgan fingerprint density at radius 1 is 1.53 bits per heavy atom. The van der Waals surface area contributed by atoms with Crippen LogP contribution in [0.15, 0.2) is 18.2 Å². The maximum absolute atomic E-state index is 11.9. The van der Waals surface area contributed by atoms with Gasteiger partial charge in [-0.3, -0.25) is 4.79 Å². The van der Waals surface area contributed by atoms with Crippen LogP contribution in [0.5, 0.6) is 0 Å². The summed E-state index contributed by atoms with van der Waals surface area (Å²) in [5.74, 6) is 6.04. The van der Waals surface area contributed by atoms with E-state index < -0.39 is 0 Å². The van der Waals surface area contributed by atoms with Crippen LogP contribution in [0.2, 0.25) is 5.02 Å². The summed E-state index contributed by atoms with van der Waals surface area (Å²) in [5.41, 5.74) is 6.73. The van der Waals surface area contributed by atoms with Crippen LogP contribution < -0.4 is 11.1 Å². The zero-order valence-electron chi connectivity index (χ0n) is 11.3. The van der Waals surface area contributed by atoms with Gasteiger partial charge in [-0.15, -0.1) is 0 Å². The first-order valence-electron chi connectivity index (χ1n) is 6.35. The molecule has 0 heterocycles. The molecular formula is C15H19ClN2O. The number of hydrogen-bond donors (Lipinski definition) is 2. The fourth-order valence-electron chi connectivity index (χ4n) is 1.54. The van der Waals surface area contributed by atoms with Gasteiger partial charge in [-0.1, -0.05) is 43.7 Å². The minimum atomic E-state index is -0.00697. The molecule has 19 heavy (non-hydrogen) atoms. The van der Waals surface area contributed by atoms with Gasteiger partial charge in [0.15, 0.2) is 0 Å². The van der Waals surface area contributed by atoms with Crippen molar-refractivity contribution in [3.8, 4) is 11.8 Å². The van der Waals surface area contributed by atoms with Gasteiger partial charge in [0, 0.05) is 17.0 Å². The Morgan fingerprint density at radius 3 is 2.89 bits per heavy atom. The van der Waals surface area contributed by atoms with Crippen molar-refractivity contribution >= 4 is 23.2 Å². The fourth-order valence-corrected chi connectivity index (χ4v) is 1.71. The Labute approximate surface area is 119 Å². The van der Waals surface area contributed by atoms with E-state index in [1.165, 1.54) is 0 Å². The normalized spacial score (nSPS) is 11.4. The third kappa shape index (κ3) is 5.34. The van der Waals surface area contributed by atoms with E-state index in [2.05, 4.69) is 31.0 Å². The summed E-state index contributed by atoms with van der Waals surface area (Å²) in [4.78, 5) is 11.9. The number of anilines is 1. The summed E-state index contributed by atoms with van der Waals surface area (Å²) >= 11 is 5.93. The molecule has 0 saturated carbocycles. The lowest BCUT2D eigenvalue weighted by molar-refractivity contribution is -0.117. The second kappa shape index (κ2) is 7.83. The molecule has 4 heteroatoms. The lowest BCUT2D eigenvalue weighted by atomic mass is 10.0. The summed E-state index contributed by atoms with van der Waals surface area (Å²) in [6, 6.07) is 5.22. The van der Waals surface area contributed by atoms with Crippen LogP contribution in [0.1, 0.15) is 32.3 Å². The van der Waals surface area contributed by atoms with E-state index in [1.807, 2.05) is 0 Å². The third-order valence-corrected chi connectivity index (χ3v) is 3.05. The number of amides is 1. The molecule has 3 nitrogen and oxygen atoms in total. The van der Waals surface area contributed by atoms with Gasteiger partial charge in [-0.25, -0.2) is 0 Å². The second-order valence-electron chi connectivity index (χ2n) is 4.46. The van der Waals surface area contributed by atoms with E-state index in [0.717, 1.165) is 6.42 Å². The van der Waals surface area contributed by atoms with Crippen LogP contribution in [-0.2, 0) is 4.79 Å². The van der Waals surface area contributed by atoms with Crippen LogP contribution in [0, 0.1) is 17.8 Å². The summed E-state index contributed by atoms with van der Waals surface area (Å²) < 4.78 is 0. The molecular weight excluding hydrogens is 260 g/mol. The van der Waals surface area contributed by atoms with Crippen LogP contribution in [0.25, 0.3) is 0 Å². The van der Waals surface area contributed by atoms with Gasteiger partial charge in [-0.05, 0) is 24.1 Å². The summed E-state index contributed by atoms with van der Waals surface area (Å²) in [5, 5.41) is 3.46. The van der Waals surface area contributed by atoms with E-state index in [4.69, 9.17) is 17.3 Å². The van der Waals surface area contributed by atoms with Crippen molar-refractivity contribution in [2.45, 2.75) is 26.7 Å². The number of rotatable bonds is 4. The average Bonchev–Trinajstić information content (AvgIpc) is 2.38. The zero-order chi connectivity index (χ0) is 14.3. The smallest absolute Gasteiger partial charge is 0.224 e. The van der Waals surface area contributed by atoms with Gasteiger partial charge in [0.05, 0.1) is 12.2 Å². The number of hydrogen-bond acceptors (Lipinski definition) is 2. The maximum Gasteiger partial charge on any atom is 0.224 e. The SMILES string of the molecule is CCC(C)CC(=O)Nc1ccc(Cl)cc1C#CCN. The molecule has 1 unspecified atom stereocenters. The van der Waals surface area contributed by atoms with Crippen LogP contribution in [0.4, 0.5) is 5.69 Å². The van der Waals surface area contributed by atoms with Crippen molar-refractivity contribution in [2.24, 2.45) is 11.7 Å². The molecule has 1 amide bonds. The zero-order valence-corrected chi connectivity index (χ0v) is 12.1. The Morgan fingerprint density at radius 2 is 2.26 bits per heavy atom. The minimum Gasteiger partial charge on any atom is -0.325 e. The second-order valence-corrected chi connectivity index (χ2v) is 4.90. The molecule has 0 aliphatic carbocycles. The summed E-state index contributed by atoms with van der Waals surface area (Å²) in [6.07, 6.45) is 1.48. The molecule has 0 aliphatic rings. The highest BCUT2D eigenvalue weighted by molar-refractivity contribution is 6.30. The highest BCUT2D eigenvalue weighted by atomic mass is 35.5. The fraction of sp³-hybridized carbons (Fsp3) is 0.400. The van der Waals surface area contributed by atoms with E-state index >= 15 is 0 Å². The van der Waals surface area contributed by atoms with Gasteiger partial charge in [0.25, 0.3) is 0 Å². The Hall–Kier alpha value is -1.50. The monoisotopic (exact) mass is 278 g/mol. The number of nitrogens with two attached hydrogens (primary N) is 1. The molecule has 1 atom stereocenters. The maximum atomic E-state index is 11.9. The molecule has 3 N–H and O–H groups in total. The predicted octanol–water partition coefficient (Wildman–Crippen LogP) is 3.02. The Kier molecular flexibility index (Phi) is 6.41. The van der Waals surface area contributed by atoms with E-state index in [-0.39, 0.29) is 12.5 Å². The van der Waals surface area contributed by atoms with E-state index in [1.54, 1.807) is 18.2 Å². The van der Waals surface area contributed by atoms with Gasteiger partial charge >= 0.3 is 0 Å². The van der Waals surface area contributed by atoms with Crippen molar-refractivity contribution in [2.75, 3.05) is 11.9 Å². The van der Waals surface area contributed by atoms with Crippen LogP contribution in [0.3, 0.4) is 0 Å². The Balaban J connectivity index is 2.85. The lowest BCUT2D eigenvalue weighted by Crippen LogP contribution is -2.15. The molecule has 0 bridgehead atoms. The molecule has 0 aliphatic heterocycles. The highest BCUT2D eigenvalue weighted by Gasteiger charge is 2.09. The molecule has 0 fully saturated rings. The van der Waals surface area contributed by atoms with Gasteiger partial charge in [0.2, 0.25) is 5.91 Å². The van der Waals surface area contributed by atoms with E-state index in [0.29, 0.717) is 28.6 Å². The number of halogens is 1. The van der Waals surface area contributed by atoms with Crippen molar-refractivity contribution < 1.29 is 4.79 Å². The highest BCUT2D eigenvalue weighted by Crippen LogP contribution is 2.20. The van der Waals surface area contributed by atoms with Crippen LogP contribution in [-0.4, -0.2) is 12.5 Å². The first-order chi connectivity index (χ1) is 9.06. The molecule has 1 aromatic rings. The topological polar surface area (TPSA) is 55.1 Å². The van der Waals surface area contributed by atoms with Crippen molar-refractivity contribution in [3.05, 3.63) is 28.8 Å². The molecule has 0 spiro atoms. The summed E-state index contributed by atoms with van der Waals surface area (Å²) in [6.45, 7) is 4.39. The summed E-state index contributed by atoms with van der Waals surface area (Å²) in [7, 11) is 0. The van der Waals surface area contributed by atoms with E-state index in [9.17, 15) is 4.79 Å². The van der Waals surface area contributed by atoms with Crippen molar-refractivity contribution in [3.63, 3.8) is 0 Å². The quantitative estimate of drug-likeness (QED) is 0.832. The Bertz CT molecular complexity index is 503. The van der Waals surface area contributed by atoms with Crippen LogP contribution >= 0.6 is 11.6 Å². The number of nitrogens with one attached hydrogen (secondary N) is 1. The average molecular weight is 279 g/mol. The molecule has 1 rings (SSSR count). The number of carbonyl (C=O) groups is 1. The molecule has 102 valence electrons. The molecule has 0 radical (unpaired) electrons. The molecule has 0 aromatic heterocycles. The first-order valence-corrected chi connectivity index (χ1v) is 6.73.